The third-order valence-corrected chi connectivity index (χ3v) is 13.3. The van der Waals surface area contributed by atoms with Gasteiger partial charge in [0.25, 0.3) is 8.32 Å². The van der Waals surface area contributed by atoms with E-state index in [4.69, 9.17) is 9.16 Å². The summed E-state index contributed by atoms with van der Waals surface area (Å²) < 4.78 is 14.4. The molecule has 0 aromatic heterocycles. The highest BCUT2D eigenvalue weighted by Gasteiger charge is 2.46. The van der Waals surface area contributed by atoms with Gasteiger partial charge in [0, 0.05) is 17.4 Å². The first kappa shape index (κ1) is 29.3. The molecule has 0 N–H and O–H groups in total. The van der Waals surface area contributed by atoms with E-state index >= 15 is 0 Å². The van der Waals surface area contributed by atoms with Gasteiger partial charge in [0.15, 0.2) is 0 Å². The van der Waals surface area contributed by atoms with Gasteiger partial charge in [0.2, 0.25) is 0 Å². The maximum absolute atomic E-state index is 7.54. The molecule has 2 nitrogen and oxygen atoms in total. The van der Waals surface area contributed by atoms with Crippen molar-refractivity contribution >= 4 is 8.32 Å². The van der Waals surface area contributed by atoms with Crippen LogP contribution in [0.2, 0.25) is 18.1 Å². The van der Waals surface area contributed by atoms with Crippen LogP contribution in [-0.4, -0.2) is 13.9 Å². The number of allylic oxidation sites excluding steroid dienone is 2. The quantitative estimate of drug-likeness (QED) is 0.132. The number of aryl methyl sites for hydroxylation is 1. The monoisotopic (exact) mass is 512 g/mol. The van der Waals surface area contributed by atoms with E-state index in [1.807, 2.05) is 0 Å². The maximum Gasteiger partial charge on any atom is 0.251 e. The predicted molar refractivity (Wildman–Crippen MR) is 159 cm³/mol. The summed E-state index contributed by atoms with van der Waals surface area (Å²) >= 11 is 0. The average Bonchev–Trinajstić information content (AvgIpc) is 2.84. The van der Waals surface area contributed by atoms with Crippen LogP contribution in [0.5, 0.6) is 11.5 Å². The summed E-state index contributed by atoms with van der Waals surface area (Å²) in [5.41, 5.74) is 4.17. The van der Waals surface area contributed by atoms with Crippen LogP contribution in [0.4, 0.5) is 0 Å². The Hall–Kier alpha value is -1.22. The van der Waals surface area contributed by atoms with Gasteiger partial charge in [-0.2, -0.15) is 0 Å². The van der Waals surface area contributed by atoms with E-state index in [1.54, 1.807) is 0 Å². The molecule has 0 saturated carbocycles. The van der Waals surface area contributed by atoms with Gasteiger partial charge in [0.05, 0.1) is 0 Å². The molecule has 3 heteroatoms. The van der Waals surface area contributed by atoms with E-state index in [1.165, 1.54) is 111 Å². The van der Waals surface area contributed by atoms with Crippen LogP contribution in [0.3, 0.4) is 0 Å². The molecule has 1 aliphatic carbocycles. The molecule has 204 valence electrons. The fourth-order valence-electron chi connectivity index (χ4n) is 6.63. The minimum absolute atomic E-state index is 0.144. The van der Waals surface area contributed by atoms with Gasteiger partial charge >= 0.3 is 0 Å². The van der Waals surface area contributed by atoms with E-state index in [-0.39, 0.29) is 5.60 Å². The lowest BCUT2D eigenvalue weighted by molar-refractivity contribution is 0.0110. The van der Waals surface area contributed by atoms with Crippen LogP contribution in [0, 0.1) is 5.92 Å². The minimum Gasteiger partial charge on any atom is -0.543 e. The summed E-state index contributed by atoms with van der Waals surface area (Å²) in [6.07, 6.45) is 17.5. The highest BCUT2D eigenvalue weighted by Crippen LogP contribution is 2.54. The van der Waals surface area contributed by atoms with E-state index in [0.29, 0.717) is 11.8 Å². The highest BCUT2D eigenvalue weighted by atomic mass is 28.4. The van der Waals surface area contributed by atoms with Crippen molar-refractivity contribution in [2.24, 2.45) is 5.92 Å². The zero-order chi connectivity index (χ0) is 26.2. The second kappa shape index (κ2) is 13.5. The van der Waals surface area contributed by atoms with Crippen LogP contribution in [0.25, 0.3) is 0 Å². The van der Waals surface area contributed by atoms with Crippen molar-refractivity contribution < 1.29 is 9.16 Å². The zero-order valence-electron chi connectivity index (χ0n) is 24.8. The van der Waals surface area contributed by atoms with Crippen LogP contribution < -0.4 is 9.16 Å². The van der Waals surface area contributed by atoms with Crippen molar-refractivity contribution in [3.8, 4) is 11.5 Å². The minimum atomic E-state index is -1.91. The van der Waals surface area contributed by atoms with E-state index < -0.39 is 8.32 Å². The molecule has 1 heterocycles. The summed E-state index contributed by atoms with van der Waals surface area (Å²) in [7, 11) is -1.91. The lowest BCUT2D eigenvalue weighted by Gasteiger charge is -2.47. The summed E-state index contributed by atoms with van der Waals surface area (Å²) in [6, 6.07) is 8.73. The molecule has 36 heavy (non-hydrogen) atoms. The number of fused-ring (bicyclic) bond motifs is 3. The SMILES string of the molecule is CCCCCc1cc2c(c(O[Si](CCCC)(CCCC)CCCC)c1)[C@@H]1C=C(C)CC[C@H]1C(C)(C)O2. The Bertz CT molecular complexity index is 834. The van der Waals surface area contributed by atoms with E-state index in [2.05, 4.69) is 66.7 Å². The Kier molecular flexibility index (Phi) is 11.0. The Morgan fingerprint density at radius 2 is 1.50 bits per heavy atom. The number of hydrogen-bond donors (Lipinski definition) is 0. The van der Waals surface area contributed by atoms with Gasteiger partial charge in [-0.15, -0.1) is 0 Å². The molecule has 0 bridgehead atoms. The van der Waals surface area contributed by atoms with Crippen molar-refractivity contribution in [2.45, 2.75) is 155 Å². The third kappa shape index (κ3) is 7.20. The van der Waals surface area contributed by atoms with Gasteiger partial charge in [0.1, 0.15) is 17.1 Å². The lowest BCUT2D eigenvalue weighted by Crippen LogP contribution is -2.46. The Morgan fingerprint density at radius 1 is 0.889 bits per heavy atom. The molecule has 0 spiro atoms. The first-order valence-electron chi connectivity index (χ1n) is 15.5. The summed E-state index contributed by atoms with van der Waals surface area (Å²) in [6.45, 7) is 16.3. The number of rotatable bonds is 15. The highest BCUT2D eigenvalue weighted by molar-refractivity contribution is 6.74. The molecule has 0 fully saturated rings. The van der Waals surface area contributed by atoms with Crippen LogP contribution >= 0.6 is 0 Å². The molecular weight excluding hydrogens is 456 g/mol. The molecule has 3 rings (SSSR count). The number of unbranched alkanes of at least 4 members (excludes halogenated alkanes) is 5. The third-order valence-electron chi connectivity index (χ3n) is 8.86. The molecular formula is C33H56O2Si. The van der Waals surface area contributed by atoms with Crippen molar-refractivity contribution in [1.29, 1.82) is 0 Å². The lowest BCUT2D eigenvalue weighted by atomic mass is 9.68. The zero-order valence-corrected chi connectivity index (χ0v) is 25.8. The largest absolute Gasteiger partial charge is 0.543 e. The van der Waals surface area contributed by atoms with Gasteiger partial charge in [-0.05, 0) is 82.3 Å². The van der Waals surface area contributed by atoms with Crippen molar-refractivity contribution in [1.82, 2.24) is 0 Å². The standard InChI is InChI=1S/C33H56O2Si/c1-8-12-16-17-27-24-30-32(28-23-26(5)18-19-29(28)33(6,7)34-30)31(25-27)35-36(20-13-9-2,21-14-10-3)22-15-11-4/h23-25,28-29H,8-22H2,1-7H3/t28-,29-/m1/s1. The first-order valence-corrected chi connectivity index (χ1v) is 18.0. The molecule has 0 saturated heterocycles. The number of benzene rings is 1. The number of ether oxygens (including phenoxy) is 1. The molecule has 0 radical (unpaired) electrons. The Morgan fingerprint density at radius 3 is 2.08 bits per heavy atom. The molecule has 1 aromatic rings. The van der Waals surface area contributed by atoms with E-state index in [0.717, 1.165) is 12.2 Å². The summed E-state index contributed by atoms with van der Waals surface area (Å²) in [5.74, 6) is 3.23. The second-order valence-electron chi connectivity index (χ2n) is 12.4. The maximum atomic E-state index is 7.54. The molecule has 2 atom stereocenters. The smallest absolute Gasteiger partial charge is 0.251 e. The van der Waals surface area contributed by atoms with Gasteiger partial charge in [-0.25, -0.2) is 0 Å². The average molecular weight is 513 g/mol. The fourth-order valence-corrected chi connectivity index (χ4v) is 11.3. The molecule has 1 aromatic carbocycles. The van der Waals surface area contributed by atoms with Crippen LogP contribution in [-0.2, 0) is 6.42 Å². The summed E-state index contributed by atoms with van der Waals surface area (Å²) in [5, 5.41) is 0. The predicted octanol–water partition coefficient (Wildman–Crippen LogP) is 10.8. The van der Waals surface area contributed by atoms with Crippen LogP contribution in [0.1, 0.15) is 136 Å². The second-order valence-corrected chi connectivity index (χ2v) is 16.5. The Balaban J connectivity index is 2.12. The van der Waals surface area contributed by atoms with E-state index in [9.17, 15) is 0 Å². The molecule has 0 unspecified atom stereocenters. The Labute approximate surface area is 224 Å². The molecule has 0 amide bonds. The summed E-state index contributed by atoms with van der Waals surface area (Å²) in [4.78, 5) is 0. The molecule has 2 aliphatic rings. The topological polar surface area (TPSA) is 18.5 Å². The van der Waals surface area contributed by atoms with Crippen molar-refractivity contribution in [3.05, 3.63) is 34.9 Å². The van der Waals surface area contributed by atoms with Gasteiger partial charge in [-0.3, -0.25) is 0 Å². The van der Waals surface area contributed by atoms with Crippen molar-refractivity contribution in [2.75, 3.05) is 0 Å². The first-order chi connectivity index (χ1) is 17.3. The molecule has 1 aliphatic heterocycles. The van der Waals surface area contributed by atoms with Gasteiger partial charge < -0.3 is 9.16 Å². The number of hydrogen-bond acceptors (Lipinski definition) is 2. The fraction of sp³-hybridized carbons (Fsp3) is 0.758. The van der Waals surface area contributed by atoms with Crippen LogP contribution in [0.15, 0.2) is 23.8 Å². The van der Waals surface area contributed by atoms with Crippen molar-refractivity contribution in [3.63, 3.8) is 0 Å². The van der Waals surface area contributed by atoms with Gasteiger partial charge in [-0.1, -0.05) is 90.7 Å². The normalized spacial score (nSPS) is 20.8.